The maximum atomic E-state index is 12.2. The number of anilines is 1. The minimum Gasteiger partial charge on any atom is -0.396 e. The molecule has 1 aliphatic rings. The molecule has 1 aliphatic heterocycles. The molecular weight excluding hydrogens is 248 g/mol. The van der Waals surface area contributed by atoms with E-state index in [4.69, 9.17) is 5.11 Å². The van der Waals surface area contributed by atoms with Gasteiger partial charge in [-0.3, -0.25) is 0 Å². The van der Waals surface area contributed by atoms with Crippen molar-refractivity contribution >= 4 is 23.1 Å². The van der Waals surface area contributed by atoms with Crippen molar-refractivity contribution in [3.63, 3.8) is 0 Å². The first-order valence-electron chi connectivity index (χ1n) is 6.43. The molecule has 2 amide bonds. The molecule has 1 aromatic rings. The molecule has 4 nitrogen and oxygen atoms in total. The number of hydrogen-bond acceptors (Lipinski definition) is 3. The van der Waals surface area contributed by atoms with E-state index in [1.807, 2.05) is 22.6 Å². The average Bonchev–Trinajstić information content (AvgIpc) is 2.96. The Morgan fingerprint density at radius 1 is 1.61 bits per heavy atom. The number of nitrogens with zero attached hydrogens (tertiary/aromatic N) is 1. The second-order valence-corrected chi connectivity index (χ2v) is 5.50. The molecule has 5 heteroatoms. The monoisotopic (exact) mass is 268 g/mol. The summed E-state index contributed by atoms with van der Waals surface area (Å²) in [5.74, 6) is 0. The van der Waals surface area contributed by atoms with Crippen molar-refractivity contribution in [3.05, 3.63) is 16.3 Å². The Labute approximate surface area is 112 Å². The van der Waals surface area contributed by atoms with Crippen molar-refractivity contribution in [1.82, 2.24) is 4.90 Å². The van der Waals surface area contributed by atoms with Crippen LogP contribution in [0.25, 0.3) is 0 Å². The highest BCUT2D eigenvalue weighted by Crippen LogP contribution is 2.24. The van der Waals surface area contributed by atoms with E-state index in [0.29, 0.717) is 0 Å². The Bertz CT molecular complexity index is 405. The lowest BCUT2D eigenvalue weighted by molar-refractivity contribution is 0.197. The Balaban J connectivity index is 1.93. The molecule has 2 heterocycles. The molecule has 1 atom stereocenters. The Hall–Kier alpha value is -1.07. The third-order valence-corrected chi connectivity index (χ3v) is 4.29. The molecule has 1 saturated heterocycles. The number of aryl methyl sites for hydroxylation is 1. The van der Waals surface area contributed by atoms with E-state index in [1.54, 1.807) is 11.3 Å². The van der Waals surface area contributed by atoms with Gasteiger partial charge in [-0.25, -0.2) is 4.79 Å². The van der Waals surface area contributed by atoms with Gasteiger partial charge in [0.25, 0.3) is 0 Å². The van der Waals surface area contributed by atoms with Crippen LogP contribution < -0.4 is 5.32 Å². The molecule has 1 unspecified atom stereocenters. The zero-order valence-corrected chi connectivity index (χ0v) is 11.5. The van der Waals surface area contributed by atoms with Gasteiger partial charge in [0, 0.05) is 24.6 Å². The van der Waals surface area contributed by atoms with Crippen LogP contribution in [0.3, 0.4) is 0 Å². The highest BCUT2D eigenvalue weighted by molar-refractivity contribution is 7.08. The molecule has 0 spiro atoms. The molecule has 18 heavy (non-hydrogen) atoms. The molecule has 100 valence electrons. The van der Waals surface area contributed by atoms with Crippen molar-refractivity contribution in [2.45, 2.75) is 38.6 Å². The first-order chi connectivity index (χ1) is 8.72. The molecule has 0 bridgehead atoms. The predicted octanol–water partition coefficient (Wildman–Crippen LogP) is 2.83. The summed E-state index contributed by atoms with van der Waals surface area (Å²) in [5.41, 5.74) is 2.03. The lowest BCUT2D eigenvalue weighted by atomic mass is 10.1. The molecular formula is C13H20N2O2S. The van der Waals surface area contributed by atoms with Gasteiger partial charge in [0.15, 0.2) is 0 Å². The largest absolute Gasteiger partial charge is 0.396 e. The number of thiophene rings is 1. The fourth-order valence-corrected chi connectivity index (χ4v) is 3.19. The minimum absolute atomic E-state index is 0.00283. The summed E-state index contributed by atoms with van der Waals surface area (Å²) in [6.07, 6.45) is 3.78. The van der Waals surface area contributed by atoms with E-state index in [0.717, 1.165) is 43.5 Å². The summed E-state index contributed by atoms with van der Waals surface area (Å²) < 4.78 is 0. The van der Waals surface area contributed by atoms with E-state index >= 15 is 0 Å². The van der Waals surface area contributed by atoms with Crippen molar-refractivity contribution in [2.24, 2.45) is 0 Å². The van der Waals surface area contributed by atoms with Gasteiger partial charge in [-0.1, -0.05) is 0 Å². The molecule has 0 radical (unpaired) electrons. The number of carbonyl (C=O) groups is 1. The lowest BCUT2D eigenvalue weighted by Crippen LogP contribution is -2.38. The highest BCUT2D eigenvalue weighted by atomic mass is 32.1. The lowest BCUT2D eigenvalue weighted by Gasteiger charge is -2.24. The van der Waals surface area contributed by atoms with Crippen LogP contribution in [0.5, 0.6) is 0 Å². The van der Waals surface area contributed by atoms with E-state index in [-0.39, 0.29) is 18.7 Å². The van der Waals surface area contributed by atoms with Crippen molar-refractivity contribution in [2.75, 3.05) is 18.5 Å². The molecule has 1 fully saturated rings. The zero-order valence-electron chi connectivity index (χ0n) is 10.7. The fourth-order valence-electron chi connectivity index (χ4n) is 2.41. The van der Waals surface area contributed by atoms with Crippen LogP contribution >= 0.6 is 11.3 Å². The normalized spacial score (nSPS) is 19.2. The smallest absolute Gasteiger partial charge is 0.322 e. The van der Waals surface area contributed by atoms with Gasteiger partial charge in [0.1, 0.15) is 0 Å². The van der Waals surface area contributed by atoms with Crippen LogP contribution in [0, 0.1) is 6.92 Å². The molecule has 0 aliphatic carbocycles. The van der Waals surface area contributed by atoms with Gasteiger partial charge in [0.2, 0.25) is 0 Å². The van der Waals surface area contributed by atoms with Gasteiger partial charge in [0.05, 0.1) is 5.69 Å². The van der Waals surface area contributed by atoms with Gasteiger partial charge >= 0.3 is 6.03 Å². The number of rotatable bonds is 4. The maximum Gasteiger partial charge on any atom is 0.322 e. The summed E-state index contributed by atoms with van der Waals surface area (Å²) in [7, 11) is 0. The second-order valence-electron chi connectivity index (χ2n) is 4.75. The van der Waals surface area contributed by atoms with Gasteiger partial charge < -0.3 is 15.3 Å². The number of aliphatic hydroxyl groups excluding tert-OH is 1. The van der Waals surface area contributed by atoms with Crippen molar-refractivity contribution < 1.29 is 9.90 Å². The summed E-state index contributed by atoms with van der Waals surface area (Å²) in [6, 6.07) is 0.285. The number of aliphatic hydroxyl groups is 1. The molecule has 2 rings (SSSR count). The van der Waals surface area contributed by atoms with Gasteiger partial charge in [-0.15, -0.1) is 11.3 Å². The Morgan fingerprint density at radius 3 is 3.11 bits per heavy atom. The number of carbonyl (C=O) groups excluding carboxylic acids is 1. The number of urea groups is 1. The summed E-state index contributed by atoms with van der Waals surface area (Å²) in [5, 5.41) is 15.8. The SMILES string of the molecule is Cc1cscc1NC(=O)N1CCCC1CCCO. The van der Waals surface area contributed by atoms with E-state index in [2.05, 4.69) is 5.32 Å². The molecule has 2 N–H and O–H groups in total. The van der Waals surface area contributed by atoms with E-state index < -0.39 is 0 Å². The molecule has 0 saturated carbocycles. The van der Waals surface area contributed by atoms with Crippen molar-refractivity contribution in [1.29, 1.82) is 0 Å². The summed E-state index contributed by atoms with van der Waals surface area (Å²) in [6.45, 7) is 3.03. The number of likely N-dealkylation sites (tertiary alicyclic amines) is 1. The zero-order chi connectivity index (χ0) is 13.0. The second kappa shape index (κ2) is 6.20. The van der Waals surface area contributed by atoms with Crippen LogP contribution in [-0.4, -0.2) is 35.2 Å². The quantitative estimate of drug-likeness (QED) is 0.882. The average molecular weight is 268 g/mol. The maximum absolute atomic E-state index is 12.2. The third kappa shape index (κ3) is 3.03. The molecule has 0 aromatic carbocycles. The number of amides is 2. The summed E-state index contributed by atoms with van der Waals surface area (Å²) in [4.78, 5) is 14.1. The van der Waals surface area contributed by atoms with E-state index in [1.165, 1.54) is 0 Å². The standard InChI is InChI=1S/C13H20N2O2S/c1-10-8-18-9-12(10)14-13(17)15-6-2-4-11(15)5-3-7-16/h8-9,11,16H,2-7H2,1H3,(H,14,17). The molecule has 1 aromatic heterocycles. The van der Waals surface area contributed by atoms with Crippen molar-refractivity contribution in [3.8, 4) is 0 Å². The minimum atomic E-state index is -0.00283. The Morgan fingerprint density at radius 2 is 2.44 bits per heavy atom. The highest BCUT2D eigenvalue weighted by Gasteiger charge is 2.28. The predicted molar refractivity (Wildman–Crippen MR) is 74.1 cm³/mol. The number of nitrogens with one attached hydrogen (secondary N) is 1. The first-order valence-corrected chi connectivity index (χ1v) is 7.38. The fraction of sp³-hybridized carbons (Fsp3) is 0.615. The van der Waals surface area contributed by atoms with Crippen LogP contribution in [0.15, 0.2) is 10.8 Å². The van der Waals surface area contributed by atoms with E-state index in [9.17, 15) is 4.79 Å². The van der Waals surface area contributed by atoms with Gasteiger partial charge in [-0.05, 0) is 43.6 Å². The van der Waals surface area contributed by atoms with Crippen LogP contribution in [0.1, 0.15) is 31.2 Å². The third-order valence-electron chi connectivity index (χ3n) is 3.43. The first kappa shape index (κ1) is 13.4. The van der Waals surface area contributed by atoms with Crippen LogP contribution in [0.2, 0.25) is 0 Å². The summed E-state index contributed by atoms with van der Waals surface area (Å²) >= 11 is 1.60. The van der Waals surface area contributed by atoms with Gasteiger partial charge in [-0.2, -0.15) is 0 Å². The van der Waals surface area contributed by atoms with Crippen LogP contribution in [0.4, 0.5) is 10.5 Å². The Kier molecular flexibility index (Phi) is 4.60. The van der Waals surface area contributed by atoms with Crippen LogP contribution in [-0.2, 0) is 0 Å². The topological polar surface area (TPSA) is 52.6 Å². The number of hydrogen-bond donors (Lipinski definition) is 2.